The molecule has 0 bridgehead atoms. The number of carbonyl (C=O) groups is 2. The predicted molar refractivity (Wildman–Crippen MR) is 114 cm³/mol. The fraction of sp³-hybridized carbons (Fsp3) is 0.435. The Bertz CT molecular complexity index is 864. The van der Waals surface area contributed by atoms with E-state index in [1.807, 2.05) is 24.0 Å². The van der Waals surface area contributed by atoms with Gasteiger partial charge in [0.15, 0.2) is 0 Å². The first kappa shape index (κ1) is 21.6. The van der Waals surface area contributed by atoms with Crippen LogP contribution in [0.5, 0.6) is 11.5 Å². The van der Waals surface area contributed by atoms with E-state index in [1.165, 1.54) is 0 Å². The van der Waals surface area contributed by atoms with Crippen LogP contribution in [0.2, 0.25) is 0 Å². The third kappa shape index (κ3) is 5.28. The molecule has 0 saturated carbocycles. The van der Waals surface area contributed by atoms with Gasteiger partial charge < -0.3 is 19.7 Å². The van der Waals surface area contributed by atoms with Gasteiger partial charge in [0, 0.05) is 45.2 Å². The molecule has 0 radical (unpaired) electrons. The van der Waals surface area contributed by atoms with Crippen LogP contribution in [0, 0.1) is 0 Å². The molecule has 1 saturated heterocycles. The Morgan fingerprint density at radius 2 is 1.90 bits per heavy atom. The van der Waals surface area contributed by atoms with Gasteiger partial charge in [-0.1, -0.05) is 6.92 Å². The molecule has 7 nitrogen and oxygen atoms in total. The van der Waals surface area contributed by atoms with Crippen LogP contribution < -0.4 is 14.8 Å². The monoisotopic (exact) mass is 411 g/mol. The summed E-state index contributed by atoms with van der Waals surface area (Å²) in [4.78, 5) is 30.5. The number of likely N-dealkylation sites (tertiary alicyclic amines) is 1. The van der Waals surface area contributed by atoms with Crippen LogP contribution in [0.1, 0.15) is 55.1 Å². The molecular formula is C23H29N3O4. The van der Waals surface area contributed by atoms with Gasteiger partial charge in [0.2, 0.25) is 5.91 Å². The highest BCUT2D eigenvalue weighted by molar-refractivity contribution is 5.97. The third-order valence-corrected chi connectivity index (χ3v) is 5.43. The van der Waals surface area contributed by atoms with E-state index in [0.29, 0.717) is 30.2 Å². The van der Waals surface area contributed by atoms with E-state index in [1.54, 1.807) is 44.6 Å². The van der Waals surface area contributed by atoms with Crippen molar-refractivity contribution in [2.45, 2.75) is 45.3 Å². The Hall–Kier alpha value is -3.09. The lowest BCUT2D eigenvalue weighted by molar-refractivity contribution is -0.130. The van der Waals surface area contributed by atoms with Crippen molar-refractivity contribution in [3.63, 3.8) is 0 Å². The SMILES string of the molecule is CCC(NC(=O)c1cc(OC)ccc1OC1CCN(C(C)=O)CC1)c1ccncc1. The van der Waals surface area contributed by atoms with Crippen LogP contribution in [0.4, 0.5) is 0 Å². The van der Waals surface area contributed by atoms with E-state index < -0.39 is 0 Å². The molecule has 7 heteroatoms. The molecule has 1 N–H and O–H groups in total. The molecule has 1 aromatic carbocycles. The van der Waals surface area contributed by atoms with Crippen molar-refractivity contribution in [3.05, 3.63) is 53.9 Å². The van der Waals surface area contributed by atoms with Crippen LogP contribution in [0.25, 0.3) is 0 Å². The summed E-state index contributed by atoms with van der Waals surface area (Å²) in [6.45, 7) is 4.94. The summed E-state index contributed by atoms with van der Waals surface area (Å²) in [5.74, 6) is 0.989. The van der Waals surface area contributed by atoms with Gasteiger partial charge in [0.1, 0.15) is 17.6 Å². The first-order valence-corrected chi connectivity index (χ1v) is 10.3. The zero-order valence-corrected chi connectivity index (χ0v) is 17.8. The van der Waals surface area contributed by atoms with E-state index in [9.17, 15) is 9.59 Å². The molecule has 160 valence electrons. The van der Waals surface area contributed by atoms with Crippen LogP contribution in [-0.2, 0) is 4.79 Å². The van der Waals surface area contributed by atoms with Crippen molar-refractivity contribution in [1.82, 2.24) is 15.2 Å². The number of rotatable bonds is 7. The van der Waals surface area contributed by atoms with Gasteiger partial charge in [-0.05, 0) is 42.3 Å². The Morgan fingerprint density at radius 1 is 1.20 bits per heavy atom. The molecule has 1 atom stereocenters. The minimum atomic E-state index is -0.214. The van der Waals surface area contributed by atoms with Crippen molar-refractivity contribution in [3.8, 4) is 11.5 Å². The van der Waals surface area contributed by atoms with Crippen molar-refractivity contribution >= 4 is 11.8 Å². The number of hydrogen-bond donors (Lipinski definition) is 1. The number of ether oxygens (including phenoxy) is 2. The highest BCUT2D eigenvalue weighted by atomic mass is 16.5. The minimum Gasteiger partial charge on any atom is -0.497 e. The molecule has 30 heavy (non-hydrogen) atoms. The molecule has 1 aromatic heterocycles. The fourth-order valence-corrected chi connectivity index (χ4v) is 3.64. The third-order valence-electron chi connectivity index (χ3n) is 5.43. The largest absolute Gasteiger partial charge is 0.497 e. The molecule has 0 spiro atoms. The average Bonchev–Trinajstić information content (AvgIpc) is 2.78. The number of hydrogen-bond acceptors (Lipinski definition) is 5. The van der Waals surface area contributed by atoms with Crippen molar-refractivity contribution in [2.75, 3.05) is 20.2 Å². The Balaban J connectivity index is 1.76. The van der Waals surface area contributed by atoms with Gasteiger partial charge in [-0.15, -0.1) is 0 Å². The lowest BCUT2D eigenvalue weighted by Gasteiger charge is -2.32. The van der Waals surface area contributed by atoms with Gasteiger partial charge in [0.25, 0.3) is 5.91 Å². The van der Waals surface area contributed by atoms with Crippen molar-refractivity contribution in [1.29, 1.82) is 0 Å². The van der Waals surface area contributed by atoms with Crippen LogP contribution in [0.15, 0.2) is 42.7 Å². The molecular weight excluding hydrogens is 382 g/mol. The highest BCUT2D eigenvalue weighted by Crippen LogP contribution is 2.28. The second kappa shape index (κ2) is 10.1. The molecule has 1 aliphatic heterocycles. The van der Waals surface area contributed by atoms with Crippen LogP contribution in [0.3, 0.4) is 0 Å². The molecule has 1 fully saturated rings. The Labute approximate surface area is 177 Å². The average molecular weight is 412 g/mol. The number of benzene rings is 1. The molecule has 2 aromatic rings. The van der Waals surface area contributed by atoms with E-state index in [0.717, 1.165) is 24.8 Å². The van der Waals surface area contributed by atoms with Crippen LogP contribution in [-0.4, -0.2) is 48.0 Å². The number of methoxy groups -OCH3 is 1. The van der Waals surface area contributed by atoms with E-state index in [-0.39, 0.29) is 24.0 Å². The van der Waals surface area contributed by atoms with Gasteiger partial charge in [-0.2, -0.15) is 0 Å². The van der Waals surface area contributed by atoms with E-state index >= 15 is 0 Å². The highest BCUT2D eigenvalue weighted by Gasteiger charge is 2.25. The molecule has 1 unspecified atom stereocenters. The van der Waals surface area contributed by atoms with Crippen molar-refractivity contribution in [2.24, 2.45) is 0 Å². The predicted octanol–water partition coefficient (Wildman–Crippen LogP) is 3.36. The normalized spacial score (nSPS) is 15.4. The molecule has 1 aliphatic rings. The molecule has 2 heterocycles. The van der Waals surface area contributed by atoms with Gasteiger partial charge >= 0.3 is 0 Å². The lowest BCUT2D eigenvalue weighted by Crippen LogP contribution is -2.40. The molecule has 0 aliphatic carbocycles. The smallest absolute Gasteiger partial charge is 0.255 e. The Morgan fingerprint density at radius 3 is 2.50 bits per heavy atom. The maximum atomic E-state index is 13.1. The summed E-state index contributed by atoms with van der Waals surface area (Å²) in [5.41, 5.74) is 1.44. The number of aromatic nitrogens is 1. The van der Waals surface area contributed by atoms with E-state index in [4.69, 9.17) is 9.47 Å². The zero-order valence-electron chi connectivity index (χ0n) is 17.8. The number of carbonyl (C=O) groups excluding carboxylic acids is 2. The Kier molecular flexibility index (Phi) is 7.27. The second-order valence-corrected chi connectivity index (χ2v) is 7.40. The number of pyridine rings is 1. The zero-order chi connectivity index (χ0) is 21.5. The standard InChI is InChI=1S/C23H29N3O4/c1-4-21(17-7-11-24-12-8-17)25-23(28)20-15-19(29-3)5-6-22(20)30-18-9-13-26(14-10-18)16(2)27/h5-8,11-12,15,18,21H,4,9-10,13-14H2,1-3H3,(H,25,28). The summed E-state index contributed by atoms with van der Waals surface area (Å²) >= 11 is 0. The number of piperidine rings is 1. The minimum absolute atomic E-state index is 0.0392. The summed E-state index contributed by atoms with van der Waals surface area (Å²) < 4.78 is 11.5. The summed E-state index contributed by atoms with van der Waals surface area (Å²) in [6, 6.07) is 8.95. The maximum absolute atomic E-state index is 13.1. The van der Waals surface area contributed by atoms with Crippen molar-refractivity contribution < 1.29 is 19.1 Å². The summed E-state index contributed by atoms with van der Waals surface area (Å²) in [5, 5.41) is 3.10. The first-order chi connectivity index (χ1) is 14.5. The fourth-order valence-electron chi connectivity index (χ4n) is 3.64. The second-order valence-electron chi connectivity index (χ2n) is 7.40. The van der Waals surface area contributed by atoms with E-state index in [2.05, 4.69) is 10.3 Å². The molecule has 2 amide bonds. The first-order valence-electron chi connectivity index (χ1n) is 10.3. The van der Waals surface area contributed by atoms with Gasteiger partial charge in [-0.3, -0.25) is 14.6 Å². The number of nitrogens with zero attached hydrogens (tertiary/aromatic N) is 2. The molecule has 3 rings (SSSR count). The topological polar surface area (TPSA) is 80.8 Å². The van der Waals surface area contributed by atoms with Crippen LogP contribution >= 0.6 is 0 Å². The maximum Gasteiger partial charge on any atom is 0.255 e. The number of amides is 2. The summed E-state index contributed by atoms with van der Waals surface area (Å²) in [6.07, 6.45) is 5.62. The summed E-state index contributed by atoms with van der Waals surface area (Å²) in [7, 11) is 1.57. The lowest BCUT2D eigenvalue weighted by atomic mass is 10.0. The van der Waals surface area contributed by atoms with Gasteiger partial charge in [-0.25, -0.2) is 0 Å². The van der Waals surface area contributed by atoms with Gasteiger partial charge in [0.05, 0.1) is 18.7 Å². The number of nitrogens with one attached hydrogen (secondary N) is 1. The quantitative estimate of drug-likeness (QED) is 0.756.